The highest BCUT2D eigenvalue weighted by Crippen LogP contribution is 2.20. The molecule has 7 nitrogen and oxygen atoms in total. The summed E-state index contributed by atoms with van der Waals surface area (Å²) in [6.45, 7) is 1.10. The number of hydrogen-bond donors (Lipinski definition) is 2. The van der Waals surface area contributed by atoms with Crippen molar-refractivity contribution in [2.24, 2.45) is 0 Å². The third kappa shape index (κ3) is 5.36. The van der Waals surface area contributed by atoms with Gasteiger partial charge in [-0.1, -0.05) is 17.3 Å². The average molecular weight is 402 g/mol. The maximum atomic E-state index is 12.4. The Bertz CT molecular complexity index is 748. The number of nitrogens with one attached hydrogen (secondary N) is 2. The SMILES string of the molecule is Cc1c(C(=O)NCc2ccc(OC(F)F)cc2)nnn1C1CCNCC1.Cl. The topological polar surface area (TPSA) is 81.1 Å². The third-order valence-electron chi connectivity index (χ3n) is 4.40. The van der Waals surface area contributed by atoms with Gasteiger partial charge in [-0.25, -0.2) is 4.68 Å². The second-order valence-electron chi connectivity index (χ2n) is 6.15. The molecule has 10 heteroatoms. The number of halogens is 3. The lowest BCUT2D eigenvalue weighted by molar-refractivity contribution is -0.0498. The molecule has 0 saturated carbocycles. The van der Waals surface area contributed by atoms with Crippen molar-refractivity contribution < 1.29 is 18.3 Å². The van der Waals surface area contributed by atoms with Crippen molar-refractivity contribution in [3.05, 3.63) is 41.2 Å². The number of nitrogens with zero attached hydrogens (tertiary/aromatic N) is 3. The van der Waals surface area contributed by atoms with Crippen LogP contribution in [-0.2, 0) is 6.54 Å². The molecule has 1 fully saturated rings. The molecule has 27 heavy (non-hydrogen) atoms. The molecule has 0 bridgehead atoms. The van der Waals surface area contributed by atoms with E-state index in [-0.39, 0.29) is 36.7 Å². The molecule has 1 saturated heterocycles. The summed E-state index contributed by atoms with van der Waals surface area (Å²) in [5, 5.41) is 14.2. The summed E-state index contributed by atoms with van der Waals surface area (Å²) in [7, 11) is 0. The number of rotatable bonds is 6. The third-order valence-corrected chi connectivity index (χ3v) is 4.40. The lowest BCUT2D eigenvalue weighted by atomic mass is 10.1. The van der Waals surface area contributed by atoms with Gasteiger partial charge >= 0.3 is 6.61 Å². The first-order valence-electron chi connectivity index (χ1n) is 8.49. The minimum absolute atomic E-state index is 0. The van der Waals surface area contributed by atoms with Gasteiger partial charge in [0, 0.05) is 6.54 Å². The minimum Gasteiger partial charge on any atom is -0.435 e. The van der Waals surface area contributed by atoms with Crippen LogP contribution in [-0.4, -0.2) is 40.6 Å². The van der Waals surface area contributed by atoms with Crippen LogP contribution in [0.5, 0.6) is 5.75 Å². The first-order chi connectivity index (χ1) is 12.5. The van der Waals surface area contributed by atoms with Crippen LogP contribution in [0.3, 0.4) is 0 Å². The highest BCUT2D eigenvalue weighted by Gasteiger charge is 2.22. The normalized spacial score (nSPS) is 14.7. The van der Waals surface area contributed by atoms with Crippen molar-refractivity contribution in [3.8, 4) is 5.75 Å². The maximum Gasteiger partial charge on any atom is 0.387 e. The van der Waals surface area contributed by atoms with E-state index in [1.165, 1.54) is 12.1 Å². The van der Waals surface area contributed by atoms with Crippen molar-refractivity contribution in [2.45, 2.75) is 39.0 Å². The summed E-state index contributed by atoms with van der Waals surface area (Å²) in [6, 6.07) is 6.37. The van der Waals surface area contributed by atoms with Crippen LogP contribution >= 0.6 is 12.4 Å². The Morgan fingerprint density at radius 3 is 2.63 bits per heavy atom. The highest BCUT2D eigenvalue weighted by atomic mass is 35.5. The Labute approximate surface area is 161 Å². The van der Waals surface area contributed by atoms with Gasteiger partial charge in [0.2, 0.25) is 0 Å². The average Bonchev–Trinajstić information content (AvgIpc) is 3.03. The molecule has 2 N–H and O–H groups in total. The first-order valence-corrected chi connectivity index (χ1v) is 8.49. The fourth-order valence-corrected chi connectivity index (χ4v) is 3.00. The first kappa shape index (κ1) is 21.0. The lowest BCUT2D eigenvalue weighted by Gasteiger charge is -2.23. The Kier molecular flexibility index (Phi) is 7.49. The number of carbonyl (C=O) groups excluding carboxylic acids is 1. The molecule has 0 atom stereocenters. The monoisotopic (exact) mass is 401 g/mol. The fraction of sp³-hybridized carbons (Fsp3) is 0.471. The molecule has 0 radical (unpaired) electrons. The Morgan fingerprint density at radius 2 is 2.00 bits per heavy atom. The zero-order valence-electron chi connectivity index (χ0n) is 14.8. The van der Waals surface area contributed by atoms with Gasteiger partial charge in [-0.3, -0.25) is 4.79 Å². The summed E-state index contributed by atoms with van der Waals surface area (Å²) in [6.07, 6.45) is 1.91. The van der Waals surface area contributed by atoms with E-state index in [4.69, 9.17) is 0 Å². The number of amides is 1. The maximum absolute atomic E-state index is 12.4. The van der Waals surface area contributed by atoms with Gasteiger partial charge in [0.05, 0.1) is 11.7 Å². The molecular weight excluding hydrogens is 380 g/mol. The van der Waals surface area contributed by atoms with Gasteiger partial charge in [-0.05, 0) is 50.6 Å². The van der Waals surface area contributed by atoms with E-state index in [1.54, 1.807) is 12.1 Å². The molecule has 0 aliphatic carbocycles. The number of ether oxygens (including phenoxy) is 1. The summed E-state index contributed by atoms with van der Waals surface area (Å²) < 4.78 is 30.4. The van der Waals surface area contributed by atoms with E-state index < -0.39 is 6.61 Å². The molecule has 1 aliphatic rings. The van der Waals surface area contributed by atoms with Crippen LogP contribution in [0.15, 0.2) is 24.3 Å². The quantitative estimate of drug-likeness (QED) is 0.777. The molecule has 3 rings (SSSR count). The number of benzene rings is 1. The number of aromatic nitrogens is 3. The van der Waals surface area contributed by atoms with Crippen LogP contribution in [0.25, 0.3) is 0 Å². The highest BCUT2D eigenvalue weighted by molar-refractivity contribution is 5.93. The second kappa shape index (κ2) is 9.61. The minimum atomic E-state index is -2.86. The van der Waals surface area contributed by atoms with E-state index >= 15 is 0 Å². The zero-order chi connectivity index (χ0) is 18.5. The molecule has 2 heterocycles. The Hall–Kier alpha value is -2.26. The predicted molar refractivity (Wildman–Crippen MR) is 97.4 cm³/mol. The Balaban J connectivity index is 0.00000261. The molecular formula is C17H22ClF2N5O2. The van der Waals surface area contributed by atoms with Crippen LogP contribution in [0.2, 0.25) is 0 Å². The Morgan fingerprint density at radius 1 is 1.33 bits per heavy atom. The molecule has 1 aromatic heterocycles. The number of alkyl halides is 2. The smallest absolute Gasteiger partial charge is 0.387 e. The molecule has 148 valence electrons. The van der Waals surface area contributed by atoms with Gasteiger partial charge in [0.25, 0.3) is 5.91 Å². The number of piperidine rings is 1. The number of hydrogen-bond acceptors (Lipinski definition) is 5. The van der Waals surface area contributed by atoms with Crippen molar-refractivity contribution in [3.63, 3.8) is 0 Å². The van der Waals surface area contributed by atoms with Gasteiger partial charge < -0.3 is 15.4 Å². The van der Waals surface area contributed by atoms with Gasteiger partial charge in [0.15, 0.2) is 5.69 Å². The van der Waals surface area contributed by atoms with Crippen molar-refractivity contribution >= 4 is 18.3 Å². The van der Waals surface area contributed by atoms with Gasteiger partial charge in [-0.15, -0.1) is 17.5 Å². The molecule has 2 aromatic rings. The second-order valence-corrected chi connectivity index (χ2v) is 6.15. The number of carbonyl (C=O) groups is 1. The van der Waals surface area contributed by atoms with Crippen LogP contribution in [0, 0.1) is 6.92 Å². The fourth-order valence-electron chi connectivity index (χ4n) is 3.00. The molecule has 0 spiro atoms. The van der Waals surface area contributed by atoms with Crippen LogP contribution in [0.1, 0.15) is 40.6 Å². The van der Waals surface area contributed by atoms with E-state index in [2.05, 4.69) is 25.7 Å². The van der Waals surface area contributed by atoms with Crippen molar-refractivity contribution in [2.75, 3.05) is 13.1 Å². The van der Waals surface area contributed by atoms with E-state index in [9.17, 15) is 13.6 Å². The molecule has 1 amide bonds. The largest absolute Gasteiger partial charge is 0.435 e. The summed E-state index contributed by atoms with van der Waals surface area (Å²) >= 11 is 0. The standard InChI is InChI=1S/C17H21F2N5O2.ClH/c1-11-15(22-23-24(11)13-6-8-20-9-7-13)16(25)21-10-12-2-4-14(5-3-12)26-17(18)19;/h2-5,13,17,20H,6-10H2,1H3,(H,21,25);1H. The van der Waals surface area contributed by atoms with E-state index in [0.29, 0.717) is 5.69 Å². The van der Waals surface area contributed by atoms with Gasteiger partial charge in [-0.2, -0.15) is 8.78 Å². The summed E-state index contributed by atoms with van der Waals surface area (Å²) in [5.41, 5.74) is 1.82. The lowest BCUT2D eigenvalue weighted by Crippen LogP contribution is -2.30. The molecule has 1 aliphatic heterocycles. The van der Waals surface area contributed by atoms with Crippen LogP contribution < -0.4 is 15.4 Å². The van der Waals surface area contributed by atoms with Crippen LogP contribution in [0.4, 0.5) is 8.78 Å². The predicted octanol–water partition coefficient (Wildman–Crippen LogP) is 2.46. The molecule has 0 unspecified atom stereocenters. The van der Waals surface area contributed by atoms with Gasteiger partial charge in [0.1, 0.15) is 5.75 Å². The van der Waals surface area contributed by atoms with Crippen molar-refractivity contribution in [1.29, 1.82) is 0 Å². The zero-order valence-corrected chi connectivity index (χ0v) is 15.6. The summed E-state index contributed by atoms with van der Waals surface area (Å²) in [4.78, 5) is 12.4. The molecule has 1 aromatic carbocycles. The van der Waals surface area contributed by atoms with E-state index in [0.717, 1.165) is 37.2 Å². The van der Waals surface area contributed by atoms with E-state index in [1.807, 2.05) is 11.6 Å². The summed E-state index contributed by atoms with van der Waals surface area (Å²) in [5.74, 6) is -0.230. The van der Waals surface area contributed by atoms with Crippen molar-refractivity contribution in [1.82, 2.24) is 25.6 Å².